The quantitative estimate of drug-likeness (QED) is 0.0581. The van der Waals surface area contributed by atoms with Gasteiger partial charge in [-0.3, -0.25) is 14.4 Å². The van der Waals surface area contributed by atoms with Gasteiger partial charge in [-0.2, -0.15) is 0 Å². The molecule has 3 N–H and O–H groups in total. The average Bonchev–Trinajstić information content (AvgIpc) is 3.57. The van der Waals surface area contributed by atoms with Gasteiger partial charge in [0.2, 0.25) is 5.91 Å². The van der Waals surface area contributed by atoms with Gasteiger partial charge >= 0.3 is 5.97 Å². The lowest BCUT2D eigenvalue weighted by molar-refractivity contribution is -0.114. The predicted molar refractivity (Wildman–Crippen MR) is 229 cm³/mol. The molecule has 1 aromatic heterocycles. The SMILES string of the molecule is CCOC(=O)c1c(NC(=O)CSc2cccc(NC(=O)/C(=C\c3ccc(OCc4ccccc4)cc3)NC(=O)c3ccccc3)c2)sc2c1CCC(C(C)(C)C)C2. The van der Waals surface area contributed by atoms with E-state index in [-0.39, 0.29) is 29.4 Å². The third-order valence-corrected chi connectivity index (χ3v) is 11.8. The van der Waals surface area contributed by atoms with Crippen molar-refractivity contribution in [3.8, 4) is 5.75 Å². The molecule has 0 spiro atoms. The van der Waals surface area contributed by atoms with Crippen molar-refractivity contribution < 1.29 is 28.7 Å². The number of nitrogens with one attached hydrogen (secondary N) is 3. The minimum Gasteiger partial charge on any atom is -0.489 e. The van der Waals surface area contributed by atoms with Crippen molar-refractivity contribution in [3.05, 3.63) is 148 Å². The van der Waals surface area contributed by atoms with Gasteiger partial charge in [0.15, 0.2) is 0 Å². The molecule has 1 heterocycles. The van der Waals surface area contributed by atoms with Crippen LogP contribution in [0.3, 0.4) is 0 Å². The molecular weight excluding hydrogens is 755 g/mol. The van der Waals surface area contributed by atoms with Crippen molar-refractivity contribution >= 4 is 63.6 Å². The van der Waals surface area contributed by atoms with Crippen LogP contribution in [0.1, 0.15) is 76.4 Å². The van der Waals surface area contributed by atoms with E-state index in [1.807, 2.05) is 66.7 Å². The molecule has 11 heteroatoms. The third kappa shape index (κ3) is 11.2. The van der Waals surface area contributed by atoms with Gasteiger partial charge in [-0.25, -0.2) is 4.79 Å². The molecule has 0 fully saturated rings. The summed E-state index contributed by atoms with van der Waals surface area (Å²) in [7, 11) is 0. The monoisotopic (exact) mass is 801 g/mol. The Labute approximate surface area is 342 Å². The molecule has 5 aromatic rings. The lowest BCUT2D eigenvalue weighted by atomic mass is 9.72. The molecule has 1 aliphatic rings. The van der Waals surface area contributed by atoms with Crippen molar-refractivity contribution in [3.63, 3.8) is 0 Å². The molecule has 0 bridgehead atoms. The fraction of sp³-hybridized carbons (Fsp3) is 0.261. The van der Waals surface area contributed by atoms with Crippen molar-refractivity contribution in [2.75, 3.05) is 23.0 Å². The van der Waals surface area contributed by atoms with Crippen LogP contribution in [-0.2, 0) is 33.8 Å². The van der Waals surface area contributed by atoms with Gasteiger partial charge in [-0.1, -0.05) is 87.5 Å². The molecule has 0 saturated carbocycles. The van der Waals surface area contributed by atoms with Crippen LogP contribution in [-0.4, -0.2) is 36.1 Å². The summed E-state index contributed by atoms with van der Waals surface area (Å²) in [5, 5.41) is 9.21. The molecule has 9 nitrogen and oxygen atoms in total. The maximum atomic E-state index is 13.8. The summed E-state index contributed by atoms with van der Waals surface area (Å²) in [4.78, 5) is 55.2. The van der Waals surface area contributed by atoms with E-state index in [2.05, 4.69) is 36.7 Å². The highest BCUT2D eigenvalue weighted by Crippen LogP contribution is 2.44. The number of thiophene rings is 1. The highest BCUT2D eigenvalue weighted by atomic mass is 32.2. The van der Waals surface area contributed by atoms with Gasteiger partial charge < -0.3 is 25.4 Å². The first-order chi connectivity index (χ1) is 27.5. The number of fused-ring (bicyclic) bond motifs is 1. The fourth-order valence-electron chi connectivity index (χ4n) is 6.52. The summed E-state index contributed by atoms with van der Waals surface area (Å²) in [6.45, 7) is 9.17. The number of carbonyl (C=O) groups is 4. The summed E-state index contributed by atoms with van der Waals surface area (Å²) >= 11 is 2.78. The molecule has 0 aliphatic heterocycles. The average molecular weight is 802 g/mol. The Morgan fingerprint density at radius 3 is 2.30 bits per heavy atom. The van der Waals surface area contributed by atoms with Gasteiger partial charge in [0.05, 0.1) is 17.9 Å². The number of ether oxygens (including phenoxy) is 2. The van der Waals surface area contributed by atoms with Gasteiger partial charge in [-0.05, 0) is 103 Å². The zero-order valence-electron chi connectivity index (χ0n) is 32.6. The highest BCUT2D eigenvalue weighted by molar-refractivity contribution is 8.00. The molecule has 4 aromatic carbocycles. The number of amides is 3. The number of benzene rings is 4. The maximum absolute atomic E-state index is 13.8. The molecule has 1 unspecified atom stereocenters. The maximum Gasteiger partial charge on any atom is 0.341 e. The first-order valence-corrected chi connectivity index (χ1v) is 20.8. The van der Waals surface area contributed by atoms with E-state index >= 15 is 0 Å². The number of esters is 1. The molecular formula is C46H47N3O6S2. The minimum absolute atomic E-state index is 0.0455. The summed E-state index contributed by atoms with van der Waals surface area (Å²) in [6.07, 6.45) is 4.22. The number of rotatable bonds is 14. The summed E-state index contributed by atoms with van der Waals surface area (Å²) in [5.74, 6) is -0.385. The van der Waals surface area contributed by atoms with E-state index in [9.17, 15) is 19.2 Å². The van der Waals surface area contributed by atoms with Crippen LogP contribution >= 0.6 is 23.1 Å². The van der Waals surface area contributed by atoms with Crippen molar-refractivity contribution in [2.24, 2.45) is 11.3 Å². The lowest BCUT2D eigenvalue weighted by Gasteiger charge is -2.33. The van der Waals surface area contributed by atoms with E-state index < -0.39 is 17.8 Å². The standard InChI is InChI=1S/C46H47N3O6S2/c1-5-54-45(53)41-37-24-21-33(46(2,3)4)26-39(37)57-44(41)49-40(50)29-56-36-18-12-17-34(27-36)47-43(52)38(48-42(51)32-15-10-7-11-16-32)25-30-19-22-35(23-20-30)55-28-31-13-8-6-9-14-31/h6-20,22-23,25,27,33H,5,21,24,26,28-29H2,1-4H3,(H,47,52)(H,48,51)(H,49,50)/b38-25+. The van der Waals surface area contributed by atoms with Crippen LogP contribution in [0, 0.1) is 11.3 Å². The minimum atomic E-state index is -0.523. The molecule has 57 heavy (non-hydrogen) atoms. The summed E-state index contributed by atoms with van der Waals surface area (Å²) in [6, 6.07) is 32.9. The number of thioether (sulfide) groups is 1. The second-order valence-electron chi connectivity index (χ2n) is 14.8. The molecule has 1 atom stereocenters. The second-order valence-corrected chi connectivity index (χ2v) is 16.9. The van der Waals surface area contributed by atoms with E-state index in [1.165, 1.54) is 23.1 Å². The van der Waals surface area contributed by atoms with Crippen LogP contribution in [0.4, 0.5) is 10.7 Å². The van der Waals surface area contributed by atoms with E-state index in [0.717, 1.165) is 40.2 Å². The van der Waals surface area contributed by atoms with Gasteiger partial charge in [0.25, 0.3) is 11.8 Å². The van der Waals surface area contributed by atoms with E-state index in [1.54, 1.807) is 55.5 Å². The van der Waals surface area contributed by atoms with Crippen molar-refractivity contribution in [1.29, 1.82) is 0 Å². The summed E-state index contributed by atoms with van der Waals surface area (Å²) < 4.78 is 11.3. The van der Waals surface area contributed by atoms with E-state index in [0.29, 0.717) is 45.7 Å². The molecule has 0 radical (unpaired) electrons. The Kier molecular flexibility index (Phi) is 13.7. The Morgan fingerprint density at radius 1 is 0.877 bits per heavy atom. The van der Waals surface area contributed by atoms with Crippen molar-refractivity contribution in [1.82, 2.24) is 5.32 Å². The third-order valence-electron chi connectivity index (χ3n) is 9.65. The zero-order valence-corrected chi connectivity index (χ0v) is 34.2. The number of anilines is 2. The van der Waals surface area contributed by atoms with Crippen LogP contribution in [0.15, 0.2) is 120 Å². The molecule has 1 aliphatic carbocycles. The Morgan fingerprint density at radius 2 is 1.60 bits per heavy atom. The van der Waals surface area contributed by atoms with Crippen LogP contribution < -0.4 is 20.7 Å². The van der Waals surface area contributed by atoms with Crippen LogP contribution in [0.25, 0.3) is 6.08 Å². The second kappa shape index (κ2) is 19.0. The molecule has 3 amide bonds. The highest BCUT2D eigenvalue weighted by Gasteiger charge is 2.34. The van der Waals surface area contributed by atoms with Gasteiger partial charge in [0.1, 0.15) is 23.1 Å². The number of hydrogen-bond donors (Lipinski definition) is 3. The Bertz CT molecular complexity index is 2230. The van der Waals surface area contributed by atoms with E-state index in [4.69, 9.17) is 9.47 Å². The Balaban J connectivity index is 1.12. The molecule has 0 saturated heterocycles. The van der Waals surface area contributed by atoms with Crippen LogP contribution in [0.5, 0.6) is 5.75 Å². The lowest BCUT2D eigenvalue weighted by Crippen LogP contribution is -2.30. The van der Waals surface area contributed by atoms with Gasteiger partial charge in [0, 0.05) is 21.0 Å². The number of hydrogen-bond acceptors (Lipinski definition) is 8. The smallest absolute Gasteiger partial charge is 0.341 e. The van der Waals surface area contributed by atoms with Crippen molar-refractivity contribution in [2.45, 2.75) is 58.5 Å². The molecule has 6 rings (SSSR count). The first-order valence-electron chi connectivity index (χ1n) is 19.0. The van der Waals surface area contributed by atoms with Gasteiger partial charge in [-0.15, -0.1) is 23.1 Å². The fourth-order valence-corrected chi connectivity index (χ4v) is 8.60. The predicted octanol–water partition coefficient (Wildman–Crippen LogP) is 9.80. The first kappa shape index (κ1) is 41.0. The summed E-state index contributed by atoms with van der Waals surface area (Å²) in [5.41, 5.74) is 4.27. The topological polar surface area (TPSA) is 123 Å². The number of carbonyl (C=O) groups excluding carboxylic acids is 4. The Hall–Kier alpha value is -5.65. The largest absolute Gasteiger partial charge is 0.489 e. The normalized spacial score (nSPS) is 13.9. The molecule has 294 valence electrons. The zero-order chi connectivity index (χ0) is 40.4. The van der Waals surface area contributed by atoms with Crippen LogP contribution in [0.2, 0.25) is 0 Å².